The van der Waals surface area contributed by atoms with Crippen LogP contribution in [0, 0.1) is 0 Å². The van der Waals surface area contributed by atoms with E-state index in [-0.39, 0.29) is 0 Å². The summed E-state index contributed by atoms with van der Waals surface area (Å²) < 4.78 is 0. The summed E-state index contributed by atoms with van der Waals surface area (Å²) >= 11 is 0. The maximum absolute atomic E-state index is 10.6. The van der Waals surface area contributed by atoms with Crippen LogP contribution < -0.4 is 5.32 Å². The number of piperidine rings is 1. The minimum atomic E-state index is -0.553. The fourth-order valence-corrected chi connectivity index (χ4v) is 2.68. The Hall–Kier alpha value is -1.16. The van der Waals surface area contributed by atoms with Gasteiger partial charge in [0.15, 0.2) is 0 Å². The van der Waals surface area contributed by atoms with Crippen LogP contribution in [-0.4, -0.2) is 41.8 Å². The molecular weight excluding hydrogens is 236 g/mol. The molecule has 104 valence electrons. The molecule has 0 amide bonds. The van der Waals surface area contributed by atoms with Gasteiger partial charge in [-0.2, -0.15) is 0 Å². The summed E-state index contributed by atoms with van der Waals surface area (Å²) in [4.78, 5) is 2.27. The first-order valence-corrected chi connectivity index (χ1v) is 7.02. The lowest BCUT2D eigenvalue weighted by atomic mass is 9.91. The zero-order valence-corrected chi connectivity index (χ0v) is 11.5. The molecule has 2 rings (SSSR count). The van der Waals surface area contributed by atoms with Crippen LogP contribution in [0.25, 0.3) is 0 Å². The third kappa shape index (κ3) is 4.46. The van der Waals surface area contributed by atoms with E-state index in [4.69, 9.17) is 0 Å². The summed E-state index contributed by atoms with van der Waals surface area (Å²) in [5.74, 6) is 0. The Morgan fingerprint density at radius 1 is 1.26 bits per heavy atom. The van der Waals surface area contributed by atoms with Crippen molar-refractivity contribution in [2.45, 2.75) is 25.0 Å². The number of hydrogen-bond acceptors (Lipinski definition) is 3. The standard InChI is InChI=1S/C16H24N2O/c1-2-12-18(13-15-6-4-3-5-7-15)14-16(19)8-10-17-11-9-16/h2-7,17,19H,1,8-14H2. The predicted octanol–water partition coefficient (Wildman–Crippen LogP) is 1.79. The van der Waals surface area contributed by atoms with Gasteiger partial charge in [0, 0.05) is 19.6 Å². The fourth-order valence-electron chi connectivity index (χ4n) is 2.68. The van der Waals surface area contributed by atoms with Gasteiger partial charge >= 0.3 is 0 Å². The summed E-state index contributed by atoms with van der Waals surface area (Å²) in [5, 5.41) is 13.9. The van der Waals surface area contributed by atoms with E-state index in [1.54, 1.807) is 0 Å². The molecule has 1 heterocycles. The second-order valence-corrected chi connectivity index (χ2v) is 5.42. The van der Waals surface area contributed by atoms with Crippen LogP contribution in [0.5, 0.6) is 0 Å². The Balaban J connectivity index is 1.97. The van der Waals surface area contributed by atoms with E-state index in [9.17, 15) is 5.11 Å². The second kappa shape index (κ2) is 6.85. The molecule has 0 aromatic heterocycles. The zero-order valence-electron chi connectivity index (χ0n) is 11.5. The summed E-state index contributed by atoms with van der Waals surface area (Å²) in [5.41, 5.74) is 0.727. The highest BCUT2D eigenvalue weighted by atomic mass is 16.3. The van der Waals surface area contributed by atoms with E-state index in [0.29, 0.717) is 0 Å². The Bertz CT molecular complexity index is 385. The van der Waals surface area contributed by atoms with Crippen LogP contribution in [0.15, 0.2) is 43.0 Å². The number of benzene rings is 1. The minimum absolute atomic E-state index is 0.553. The molecule has 0 bridgehead atoms. The van der Waals surface area contributed by atoms with E-state index in [0.717, 1.165) is 45.6 Å². The molecule has 1 aromatic rings. The van der Waals surface area contributed by atoms with E-state index >= 15 is 0 Å². The third-order valence-electron chi connectivity index (χ3n) is 3.69. The van der Waals surface area contributed by atoms with Gasteiger partial charge < -0.3 is 10.4 Å². The highest BCUT2D eigenvalue weighted by Crippen LogP contribution is 2.20. The molecule has 1 aliphatic rings. The van der Waals surface area contributed by atoms with Gasteiger partial charge in [-0.15, -0.1) is 6.58 Å². The summed E-state index contributed by atoms with van der Waals surface area (Å²) in [6, 6.07) is 10.4. The van der Waals surface area contributed by atoms with Gasteiger partial charge in [-0.25, -0.2) is 0 Å². The van der Waals surface area contributed by atoms with Crippen molar-refractivity contribution in [2.75, 3.05) is 26.2 Å². The van der Waals surface area contributed by atoms with Gasteiger partial charge in [0.2, 0.25) is 0 Å². The van der Waals surface area contributed by atoms with Crippen LogP contribution in [0.4, 0.5) is 0 Å². The predicted molar refractivity (Wildman–Crippen MR) is 79.0 cm³/mol. The average molecular weight is 260 g/mol. The molecule has 19 heavy (non-hydrogen) atoms. The quantitative estimate of drug-likeness (QED) is 0.766. The van der Waals surface area contributed by atoms with Crippen molar-refractivity contribution in [3.8, 4) is 0 Å². The number of hydrogen-bond donors (Lipinski definition) is 2. The molecule has 1 aliphatic heterocycles. The third-order valence-corrected chi connectivity index (χ3v) is 3.69. The first-order valence-electron chi connectivity index (χ1n) is 7.02. The summed E-state index contributed by atoms with van der Waals surface area (Å²) in [6.45, 7) is 8.03. The maximum Gasteiger partial charge on any atom is 0.0798 e. The zero-order chi connectivity index (χ0) is 13.6. The Labute approximate surface area is 115 Å². The first kappa shape index (κ1) is 14.3. The summed E-state index contributed by atoms with van der Waals surface area (Å²) in [6.07, 6.45) is 3.57. The van der Waals surface area contributed by atoms with Gasteiger partial charge in [0.05, 0.1) is 5.60 Å². The van der Waals surface area contributed by atoms with Crippen LogP contribution >= 0.6 is 0 Å². The highest BCUT2D eigenvalue weighted by molar-refractivity contribution is 5.14. The number of nitrogens with zero attached hydrogens (tertiary/aromatic N) is 1. The first-order chi connectivity index (χ1) is 9.22. The molecule has 0 aliphatic carbocycles. The van der Waals surface area contributed by atoms with Crippen molar-refractivity contribution >= 4 is 0 Å². The maximum atomic E-state index is 10.6. The average Bonchev–Trinajstić information content (AvgIpc) is 2.40. The lowest BCUT2D eigenvalue weighted by Gasteiger charge is -2.37. The molecular formula is C16H24N2O. The van der Waals surface area contributed by atoms with Gasteiger partial charge in [-0.05, 0) is 31.5 Å². The highest BCUT2D eigenvalue weighted by Gasteiger charge is 2.30. The Kier molecular flexibility index (Phi) is 5.14. The molecule has 2 N–H and O–H groups in total. The summed E-state index contributed by atoms with van der Waals surface area (Å²) in [7, 11) is 0. The largest absolute Gasteiger partial charge is 0.388 e. The van der Waals surface area contributed by atoms with Crippen molar-refractivity contribution in [3.05, 3.63) is 48.6 Å². The normalized spacial score (nSPS) is 18.4. The van der Waals surface area contributed by atoms with E-state index in [1.165, 1.54) is 5.56 Å². The molecule has 0 unspecified atom stereocenters. The molecule has 3 heteroatoms. The van der Waals surface area contributed by atoms with Gasteiger partial charge in [-0.1, -0.05) is 36.4 Å². The fraction of sp³-hybridized carbons (Fsp3) is 0.500. The molecule has 1 aromatic carbocycles. The molecule has 0 radical (unpaired) electrons. The molecule has 0 spiro atoms. The van der Waals surface area contributed by atoms with Gasteiger partial charge in [-0.3, -0.25) is 4.90 Å². The monoisotopic (exact) mass is 260 g/mol. The molecule has 0 saturated carbocycles. The van der Waals surface area contributed by atoms with Crippen molar-refractivity contribution in [3.63, 3.8) is 0 Å². The molecule has 0 atom stereocenters. The molecule has 1 saturated heterocycles. The van der Waals surface area contributed by atoms with Gasteiger partial charge in [0.1, 0.15) is 0 Å². The topological polar surface area (TPSA) is 35.5 Å². The van der Waals surface area contributed by atoms with Crippen molar-refractivity contribution < 1.29 is 5.11 Å². The number of aliphatic hydroxyl groups is 1. The van der Waals surface area contributed by atoms with E-state index in [2.05, 4.69) is 41.1 Å². The molecule has 1 fully saturated rings. The van der Waals surface area contributed by atoms with E-state index in [1.807, 2.05) is 12.1 Å². The van der Waals surface area contributed by atoms with Gasteiger partial charge in [0.25, 0.3) is 0 Å². The minimum Gasteiger partial charge on any atom is -0.388 e. The number of nitrogens with one attached hydrogen (secondary N) is 1. The Morgan fingerprint density at radius 3 is 2.58 bits per heavy atom. The van der Waals surface area contributed by atoms with Crippen LogP contribution in [-0.2, 0) is 6.54 Å². The second-order valence-electron chi connectivity index (χ2n) is 5.42. The SMILES string of the molecule is C=CCN(Cc1ccccc1)CC1(O)CCNCC1. The van der Waals surface area contributed by atoms with E-state index < -0.39 is 5.60 Å². The van der Waals surface area contributed by atoms with Crippen molar-refractivity contribution in [2.24, 2.45) is 0 Å². The lowest BCUT2D eigenvalue weighted by molar-refractivity contribution is -0.0202. The number of rotatable bonds is 6. The van der Waals surface area contributed by atoms with Crippen molar-refractivity contribution in [1.29, 1.82) is 0 Å². The van der Waals surface area contributed by atoms with Crippen LogP contribution in [0.3, 0.4) is 0 Å². The Morgan fingerprint density at radius 2 is 1.95 bits per heavy atom. The van der Waals surface area contributed by atoms with Crippen LogP contribution in [0.1, 0.15) is 18.4 Å². The lowest BCUT2D eigenvalue weighted by Crippen LogP contribution is -2.49. The van der Waals surface area contributed by atoms with Crippen molar-refractivity contribution in [1.82, 2.24) is 10.2 Å². The smallest absolute Gasteiger partial charge is 0.0798 e. The van der Waals surface area contributed by atoms with Crippen LogP contribution in [0.2, 0.25) is 0 Å². The molecule has 3 nitrogen and oxygen atoms in total.